The number of carbonyl (C=O) groups is 1. The number of hydrogen-bond donors (Lipinski definition) is 1. The minimum Gasteiger partial charge on any atom is -0.484 e. The van der Waals surface area contributed by atoms with E-state index in [1.54, 1.807) is 0 Å². The van der Waals surface area contributed by atoms with Crippen molar-refractivity contribution in [2.45, 2.75) is 33.2 Å². The molecule has 0 bridgehead atoms. The maximum Gasteiger partial charge on any atom is 0.258 e. The van der Waals surface area contributed by atoms with Crippen molar-refractivity contribution >= 4 is 5.91 Å². The fraction of sp³-hybridized carbons (Fsp3) is 0.316. The van der Waals surface area contributed by atoms with Crippen molar-refractivity contribution in [3.63, 3.8) is 0 Å². The molecule has 0 radical (unpaired) electrons. The minimum atomic E-state index is -0.331. The van der Waals surface area contributed by atoms with Crippen molar-refractivity contribution in [3.05, 3.63) is 65.0 Å². The zero-order chi connectivity index (χ0) is 16.8. The van der Waals surface area contributed by atoms with E-state index in [0.717, 1.165) is 12.0 Å². The molecule has 3 nitrogen and oxygen atoms in total. The van der Waals surface area contributed by atoms with E-state index < -0.39 is 0 Å². The zero-order valence-electron chi connectivity index (χ0n) is 13.7. The molecule has 1 atom stereocenters. The molecule has 23 heavy (non-hydrogen) atoms. The van der Waals surface area contributed by atoms with Crippen LogP contribution in [0.5, 0.6) is 5.75 Å². The summed E-state index contributed by atoms with van der Waals surface area (Å²) in [5.74, 6) is -0.0530. The predicted octanol–water partition coefficient (Wildman–Crippen LogP) is 4.09. The highest BCUT2D eigenvalue weighted by molar-refractivity contribution is 5.78. The van der Waals surface area contributed by atoms with Crippen LogP contribution in [0.4, 0.5) is 4.39 Å². The quantitative estimate of drug-likeness (QED) is 0.872. The first-order chi connectivity index (χ1) is 11.0. The number of ether oxygens (including phenoxy) is 1. The van der Waals surface area contributed by atoms with E-state index in [-0.39, 0.29) is 24.4 Å². The Kier molecular flexibility index (Phi) is 5.74. The lowest BCUT2D eigenvalue weighted by molar-refractivity contribution is -0.123. The van der Waals surface area contributed by atoms with Gasteiger partial charge in [0.2, 0.25) is 0 Å². The highest BCUT2D eigenvalue weighted by Gasteiger charge is 2.13. The SMILES string of the molecule is CC[C@H](NC(=O)COc1ccc(F)cc1)c1ccc(C)c(C)c1. The number of carbonyl (C=O) groups excluding carboxylic acids is 1. The normalized spacial score (nSPS) is 11.8. The second kappa shape index (κ2) is 7.77. The molecule has 0 unspecified atom stereocenters. The fourth-order valence-electron chi connectivity index (χ4n) is 2.32. The first kappa shape index (κ1) is 17.0. The van der Waals surface area contributed by atoms with Crippen LogP contribution in [0.25, 0.3) is 0 Å². The highest BCUT2D eigenvalue weighted by atomic mass is 19.1. The Bertz CT molecular complexity index is 668. The van der Waals surface area contributed by atoms with E-state index in [1.165, 1.54) is 35.4 Å². The van der Waals surface area contributed by atoms with Gasteiger partial charge in [-0.05, 0) is 61.2 Å². The summed E-state index contributed by atoms with van der Waals surface area (Å²) in [6, 6.07) is 11.8. The number of halogens is 1. The van der Waals surface area contributed by atoms with Gasteiger partial charge in [0.15, 0.2) is 6.61 Å². The summed E-state index contributed by atoms with van der Waals surface area (Å²) in [6.45, 7) is 6.06. The second-order valence-corrected chi connectivity index (χ2v) is 5.61. The van der Waals surface area contributed by atoms with Gasteiger partial charge in [0.25, 0.3) is 5.91 Å². The van der Waals surface area contributed by atoms with E-state index in [1.807, 2.05) is 13.0 Å². The summed E-state index contributed by atoms with van der Waals surface area (Å²) in [5, 5.41) is 2.97. The number of amides is 1. The zero-order valence-corrected chi connectivity index (χ0v) is 13.7. The Hall–Kier alpha value is -2.36. The van der Waals surface area contributed by atoms with Crippen LogP contribution >= 0.6 is 0 Å². The molecule has 2 aromatic rings. The van der Waals surface area contributed by atoms with Crippen LogP contribution in [0, 0.1) is 19.7 Å². The molecule has 0 fully saturated rings. The molecule has 2 rings (SSSR count). The Morgan fingerprint density at radius 2 is 1.83 bits per heavy atom. The Morgan fingerprint density at radius 1 is 1.13 bits per heavy atom. The van der Waals surface area contributed by atoms with Gasteiger partial charge in [-0.3, -0.25) is 4.79 Å². The first-order valence-corrected chi connectivity index (χ1v) is 7.74. The second-order valence-electron chi connectivity index (χ2n) is 5.61. The number of aryl methyl sites for hydroxylation is 2. The van der Waals surface area contributed by atoms with Crippen LogP contribution < -0.4 is 10.1 Å². The standard InChI is InChI=1S/C19H22FNO2/c1-4-18(15-6-5-13(2)14(3)11-15)21-19(22)12-23-17-9-7-16(20)8-10-17/h5-11,18H,4,12H2,1-3H3,(H,21,22)/t18-/m0/s1. The van der Waals surface area contributed by atoms with Crippen molar-refractivity contribution in [2.75, 3.05) is 6.61 Å². The lowest BCUT2D eigenvalue weighted by Gasteiger charge is -2.19. The summed E-state index contributed by atoms with van der Waals surface area (Å²) >= 11 is 0. The maximum atomic E-state index is 12.8. The third-order valence-electron chi connectivity index (χ3n) is 3.86. The minimum absolute atomic E-state index is 0.0429. The number of benzene rings is 2. The lowest BCUT2D eigenvalue weighted by Crippen LogP contribution is -2.32. The number of hydrogen-bond acceptors (Lipinski definition) is 2. The van der Waals surface area contributed by atoms with Crippen molar-refractivity contribution in [2.24, 2.45) is 0 Å². The van der Waals surface area contributed by atoms with Gasteiger partial charge in [-0.2, -0.15) is 0 Å². The van der Waals surface area contributed by atoms with Crippen LogP contribution in [0.1, 0.15) is 36.1 Å². The molecule has 0 heterocycles. The van der Waals surface area contributed by atoms with Crippen LogP contribution in [0.15, 0.2) is 42.5 Å². The molecule has 1 amide bonds. The van der Waals surface area contributed by atoms with Gasteiger partial charge >= 0.3 is 0 Å². The van der Waals surface area contributed by atoms with Gasteiger partial charge in [-0.15, -0.1) is 0 Å². The molecular weight excluding hydrogens is 293 g/mol. The van der Waals surface area contributed by atoms with Gasteiger partial charge in [0, 0.05) is 0 Å². The summed E-state index contributed by atoms with van der Waals surface area (Å²) in [5.41, 5.74) is 3.53. The van der Waals surface area contributed by atoms with Gasteiger partial charge in [0.1, 0.15) is 11.6 Å². The number of rotatable bonds is 6. The third-order valence-corrected chi connectivity index (χ3v) is 3.86. The summed E-state index contributed by atoms with van der Waals surface area (Å²) < 4.78 is 18.2. The van der Waals surface area contributed by atoms with Gasteiger partial charge < -0.3 is 10.1 Å². The van der Waals surface area contributed by atoms with Crippen molar-refractivity contribution in [1.82, 2.24) is 5.32 Å². The molecule has 0 aliphatic carbocycles. The average molecular weight is 315 g/mol. The molecule has 1 N–H and O–H groups in total. The molecule has 0 saturated carbocycles. The van der Waals surface area contributed by atoms with E-state index in [0.29, 0.717) is 5.75 Å². The third kappa shape index (κ3) is 4.81. The molecule has 0 spiro atoms. The molecule has 0 aromatic heterocycles. The van der Waals surface area contributed by atoms with E-state index in [4.69, 9.17) is 4.74 Å². The molecule has 2 aromatic carbocycles. The molecule has 0 aliphatic rings. The molecule has 4 heteroatoms. The summed E-state index contributed by atoms with van der Waals surface area (Å²) in [6.07, 6.45) is 0.796. The first-order valence-electron chi connectivity index (χ1n) is 7.74. The van der Waals surface area contributed by atoms with Crippen LogP contribution in [0.3, 0.4) is 0 Å². The van der Waals surface area contributed by atoms with Crippen LogP contribution in [0.2, 0.25) is 0 Å². The average Bonchev–Trinajstić information content (AvgIpc) is 2.55. The largest absolute Gasteiger partial charge is 0.484 e. The molecule has 122 valence electrons. The van der Waals surface area contributed by atoms with Gasteiger partial charge in [0.05, 0.1) is 6.04 Å². The van der Waals surface area contributed by atoms with Gasteiger partial charge in [-0.1, -0.05) is 25.1 Å². The Labute approximate surface area is 136 Å². The number of nitrogens with one attached hydrogen (secondary N) is 1. The lowest BCUT2D eigenvalue weighted by atomic mass is 9.99. The Morgan fingerprint density at radius 3 is 2.43 bits per heavy atom. The monoisotopic (exact) mass is 315 g/mol. The van der Waals surface area contributed by atoms with Gasteiger partial charge in [-0.25, -0.2) is 4.39 Å². The Balaban J connectivity index is 1.94. The summed E-state index contributed by atoms with van der Waals surface area (Å²) in [7, 11) is 0. The van der Waals surface area contributed by atoms with Crippen LogP contribution in [-0.2, 0) is 4.79 Å². The van der Waals surface area contributed by atoms with E-state index in [9.17, 15) is 9.18 Å². The van der Waals surface area contributed by atoms with Crippen LogP contribution in [-0.4, -0.2) is 12.5 Å². The predicted molar refractivity (Wildman–Crippen MR) is 89.0 cm³/mol. The van der Waals surface area contributed by atoms with Crippen molar-refractivity contribution < 1.29 is 13.9 Å². The van der Waals surface area contributed by atoms with E-state index in [2.05, 4.69) is 31.3 Å². The van der Waals surface area contributed by atoms with E-state index >= 15 is 0 Å². The fourth-order valence-corrected chi connectivity index (χ4v) is 2.32. The molecule has 0 saturated heterocycles. The molecule has 0 aliphatic heterocycles. The smallest absolute Gasteiger partial charge is 0.258 e. The molecular formula is C19H22FNO2. The maximum absolute atomic E-state index is 12.8. The highest BCUT2D eigenvalue weighted by Crippen LogP contribution is 2.20. The van der Waals surface area contributed by atoms with Crippen molar-refractivity contribution in [3.8, 4) is 5.75 Å². The topological polar surface area (TPSA) is 38.3 Å². The summed E-state index contributed by atoms with van der Waals surface area (Å²) in [4.78, 5) is 12.1. The van der Waals surface area contributed by atoms with Crippen molar-refractivity contribution in [1.29, 1.82) is 0 Å².